The van der Waals surface area contributed by atoms with Crippen LogP contribution in [-0.2, 0) is 19.5 Å². The molecule has 2 aromatic carbocycles. The Bertz CT molecular complexity index is 1100. The summed E-state index contributed by atoms with van der Waals surface area (Å²) in [4.78, 5) is 12.3. The van der Waals surface area contributed by atoms with Crippen molar-refractivity contribution in [1.29, 1.82) is 5.26 Å². The number of urea groups is 1. The summed E-state index contributed by atoms with van der Waals surface area (Å²) in [6.45, 7) is 2.19. The number of halogens is 1. The summed E-state index contributed by atoms with van der Waals surface area (Å²) >= 11 is 0. The topological polar surface area (TPSA) is 94.8 Å². The fraction of sp³-hybridized carbons (Fsp3) is 0.190. The zero-order chi connectivity index (χ0) is 20.2. The van der Waals surface area contributed by atoms with E-state index in [1.807, 2.05) is 18.2 Å². The highest BCUT2D eigenvalue weighted by molar-refractivity contribution is 5.88. The average molecular weight is 390 g/mol. The van der Waals surface area contributed by atoms with Crippen molar-refractivity contribution in [3.05, 3.63) is 76.7 Å². The smallest absolute Gasteiger partial charge is 0.320 e. The highest BCUT2D eigenvalue weighted by atomic mass is 19.1. The minimum absolute atomic E-state index is 0.196. The molecule has 0 unspecified atom stereocenters. The summed E-state index contributed by atoms with van der Waals surface area (Å²) in [5.74, 6) is -0.267. The number of fused-ring (bicyclic) bond motifs is 1. The Morgan fingerprint density at radius 1 is 1.31 bits per heavy atom. The summed E-state index contributed by atoms with van der Waals surface area (Å²) in [6.07, 6.45) is 2.48. The molecule has 0 radical (unpaired) electrons. The molecular formula is C21H19FN6O. The van der Waals surface area contributed by atoms with Crippen LogP contribution in [0.4, 0.5) is 15.0 Å². The summed E-state index contributed by atoms with van der Waals surface area (Å²) in [5.41, 5.74) is 4.08. The van der Waals surface area contributed by atoms with Crippen molar-refractivity contribution in [2.75, 3.05) is 11.9 Å². The molecule has 0 aliphatic carbocycles. The summed E-state index contributed by atoms with van der Waals surface area (Å²) in [5, 5.41) is 21.8. The summed E-state index contributed by atoms with van der Waals surface area (Å²) < 4.78 is 15.4. The second-order valence-electron chi connectivity index (χ2n) is 6.71. The number of nitriles is 1. The number of anilines is 1. The van der Waals surface area contributed by atoms with E-state index in [-0.39, 0.29) is 17.3 Å². The second-order valence-corrected chi connectivity index (χ2v) is 6.71. The molecule has 0 fully saturated rings. The Morgan fingerprint density at radius 2 is 2.21 bits per heavy atom. The van der Waals surface area contributed by atoms with E-state index in [4.69, 9.17) is 5.26 Å². The van der Waals surface area contributed by atoms with E-state index in [2.05, 4.69) is 27.1 Å². The van der Waals surface area contributed by atoms with Gasteiger partial charge < -0.3 is 10.6 Å². The van der Waals surface area contributed by atoms with Crippen molar-refractivity contribution in [1.82, 2.24) is 20.4 Å². The number of amides is 2. The molecule has 1 aromatic heterocycles. The molecule has 2 amide bonds. The molecular weight excluding hydrogens is 371 g/mol. The molecule has 146 valence electrons. The minimum Gasteiger partial charge on any atom is -0.334 e. The van der Waals surface area contributed by atoms with Gasteiger partial charge in [-0.1, -0.05) is 18.2 Å². The first kappa shape index (κ1) is 18.7. The van der Waals surface area contributed by atoms with Gasteiger partial charge in [0.25, 0.3) is 0 Å². The lowest BCUT2D eigenvalue weighted by Gasteiger charge is -2.20. The molecule has 3 aromatic rings. The number of rotatable bonds is 4. The molecule has 0 spiro atoms. The van der Waals surface area contributed by atoms with Gasteiger partial charge in [-0.05, 0) is 47.9 Å². The first-order valence-corrected chi connectivity index (χ1v) is 9.25. The van der Waals surface area contributed by atoms with Crippen molar-refractivity contribution in [3.8, 4) is 11.8 Å². The highest BCUT2D eigenvalue weighted by Crippen LogP contribution is 2.19. The normalized spacial score (nSPS) is 12.7. The van der Waals surface area contributed by atoms with E-state index in [0.717, 1.165) is 31.1 Å². The number of carbonyl (C=O) groups excluding carboxylic acids is 1. The van der Waals surface area contributed by atoms with Crippen LogP contribution in [0.15, 0.2) is 48.7 Å². The number of carbonyl (C=O) groups is 1. The SMILES string of the molecule is N#Cc1ccc(-n2ccc(NC(=O)NCc3cccc4c3CCNC4)n2)c(F)c1. The maximum Gasteiger partial charge on any atom is 0.320 e. The van der Waals surface area contributed by atoms with Crippen LogP contribution in [0.2, 0.25) is 0 Å². The van der Waals surface area contributed by atoms with Crippen molar-refractivity contribution in [2.45, 2.75) is 19.5 Å². The Balaban J connectivity index is 1.40. The number of nitrogens with zero attached hydrogens (tertiary/aromatic N) is 3. The van der Waals surface area contributed by atoms with Gasteiger partial charge in [0.05, 0.1) is 11.6 Å². The van der Waals surface area contributed by atoms with E-state index in [0.29, 0.717) is 12.4 Å². The van der Waals surface area contributed by atoms with Crippen LogP contribution in [0, 0.1) is 17.1 Å². The third kappa shape index (κ3) is 4.10. The average Bonchev–Trinajstić information content (AvgIpc) is 3.20. The van der Waals surface area contributed by atoms with E-state index < -0.39 is 5.82 Å². The molecule has 0 atom stereocenters. The van der Waals surface area contributed by atoms with Crippen LogP contribution < -0.4 is 16.0 Å². The number of hydrogen-bond donors (Lipinski definition) is 3. The maximum absolute atomic E-state index is 14.1. The predicted octanol–water partition coefficient (Wildman–Crippen LogP) is 2.85. The molecule has 29 heavy (non-hydrogen) atoms. The van der Waals surface area contributed by atoms with Gasteiger partial charge in [0.1, 0.15) is 11.5 Å². The van der Waals surface area contributed by atoms with Crippen LogP contribution in [0.5, 0.6) is 0 Å². The van der Waals surface area contributed by atoms with Crippen LogP contribution in [0.3, 0.4) is 0 Å². The first-order valence-electron chi connectivity index (χ1n) is 9.25. The largest absolute Gasteiger partial charge is 0.334 e. The van der Waals surface area contributed by atoms with Crippen molar-refractivity contribution in [3.63, 3.8) is 0 Å². The highest BCUT2D eigenvalue weighted by Gasteiger charge is 2.13. The van der Waals surface area contributed by atoms with E-state index >= 15 is 0 Å². The number of benzene rings is 2. The van der Waals surface area contributed by atoms with Crippen LogP contribution >= 0.6 is 0 Å². The number of aromatic nitrogens is 2. The number of hydrogen-bond acceptors (Lipinski definition) is 4. The van der Waals surface area contributed by atoms with Crippen LogP contribution in [0.25, 0.3) is 5.69 Å². The quantitative estimate of drug-likeness (QED) is 0.638. The zero-order valence-corrected chi connectivity index (χ0v) is 15.6. The third-order valence-corrected chi connectivity index (χ3v) is 4.83. The van der Waals surface area contributed by atoms with Gasteiger partial charge in [-0.3, -0.25) is 5.32 Å². The van der Waals surface area contributed by atoms with Gasteiger partial charge in [-0.2, -0.15) is 5.26 Å². The zero-order valence-electron chi connectivity index (χ0n) is 15.6. The standard InChI is InChI=1S/C21H19FN6O/c22-18-10-14(11-23)4-5-19(18)28-9-7-20(27-28)26-21(29)25-13-16-3-1-2-15-12-24-8-6-17(15)16/h1-5,7,9-10,24H,6,8,12-13H2,(H2,25,26,27,29). The lowest BCUT2D eigenvalue weighted by molar-refractivity contribution is 0.251. The van der Waals surface area contributed by atoms with Crippen LogP contribution in [-0.4, -0.2) is 22.4 Å². The van der Waals surface area contributed by atoms with Crippen molar-refractivity contribution < 1.29 is 9.18 Å². The van der Waals surface area contributed by atoms with Gasteiger partial charge in [-0.25, -0.2) is 13.9 Å². The van der Waals surface area contributed by atoms with E-state index in [1.165, 1.54) is 27.9 Å². The van der Waals surface area contributed by atoms with Gasteiger partial charge in [-0.15, -0.1) is 5.10 Å². The molecule has 0 saturated carbocycles. The van der Waals surface area contributed by atoms with Crippen LogP contribution in [0.1, 0.15) is 22.3 Å². The molecule has 0 bridgehead atoms. The minimum atomic E-state index is -0.563. The third-order valence-electron chi connectivity index (χ3n) is 4.83. The molecule has 7 nitrogen and oxygen atoms in total. The predicted molar refractivity (Wildman–Crippen MR) is 106 cm³/mol. The molecule has 4 rings (SSSR count). The fourth-order valence-electron chi connectivity index (χ4n) is 3.40. The molecule has 0 saturated heterocycles. The number of nitrogens with one attached hydrogen (secondary N) is 3. The van der Waals surface area contributed by atoms with Gasteiger partial charge in [0.2, 0.25) is 0 Å². The van der Waals surface area contributed by atoms with Gasteiger partial charge in [0, 0.05) is 25.4 Å². The Morgan fingerprint density at radius 3 is 3.03 bits per heavy atom. The summed E-state index contributed by atoms with van der Waals surface area (Å²) in [6, 6.07) is 13.3. The van der Waals surface area contributed by atoms with Gasteiger partial charge >= 0.3 is 6.03 Å². The summed E-state index contributed by atoms with van der Waals surface area (Å²) in [7, 11) is 0. The Labute approximate surface area is 167 Å². The van der Waals surface area contributed by atoms with Gasteiger partial charge in [0.15, 0.2) is 5.82 Å². The second kappa shape index (κ2) is 8.12. The lowest BCUT2D eigenvalue weighted by atomic mass is 9.95. The Kier molecular flexibility index (Phi) is 5.22. The lowest BCUT2D eigenvalue weighted by Crippen LogP contribution is -2.30. The molecule has 1 aliphatic heterocycles. The molecule has 1 aliphatic rings. The fourth-order valence-corrected chi connectivity index (χ4v) is 3.40. The maximum atomic E-state index is 14.1. The monoisotopic (exact) mass is 390 g/mol. The van der Waals surface area contributed by atoms with E-state index in [9.17, 15) is 9.18 Å². The van der Waals surface area contributed by atoms with Crippen molar-refractivity contribution in [2.24, 2.45) is 0 Å². The van der Waals surface area contributed by atoms with E-state index in [1.54, 1.807) is 12.3 Å². The molecule has 8 heteroatoms. The van der Waals surface area contributed by atoms with Crippen molar-refractivity contribution >= 4 is 11.8 Å². The Hall–Kier alpha value is -3.70. The molecule has 2 heterocycles. The first-order chi connectivity index (χ1) is 14.1. The molecule has 3 N–H and O–H groups in total.